The highest BCUT2D eigenvalue weighted by Crippen LogP contribution is 2.40. The van der Waals surface area contributed by atoms with Gasteiger partial charge in [0.15, 0.2) is 5.13 Å². The number of anilines is 1. The van der Waals surface area contributed by atoms with Crippen LogP contribution in [0.1, 0.15) is 17.0 Å². The first-order valence-corrected chi connectivity index (χ1v) is 13.9. The molecule has 2 aliphatic rings. The number of halogens is 1. The first kappa shape index (κ1) is 30.3. The molecule has 2 aromatic rings. The Bertz CT molecular complexity index is 1490. The number of amides is 2. The smallest absolute Gasteiger partial charge is 0.353 e. The highest BCUT2D eigenvalue weighted by molar-refractivity contribution is 8.00. The van der Waals surface area contributed by atoms with E-state index in [2.05, 4.69) is 34.8 Å². The number of guanidine groups is 1. The molecule has 222 valence electrons. The lowest BCUT2D eigenvalue weighted by Crippen LogP contribution is -2.71. The zero-order valence-corrected chi connectivity index (χ0v) is 23.6. The molecular weight excluding hydrogens is 593 g/mol. The number of rotatable bonds is 11. The van der Waals surface area contributed by atoms with Crippen molar-refractivity contribution in [2.24, 2.45) is 26.7 Å². The van der Waals surface area contributed by atoms with Crippen LogP contribution in [0.3, 0.4) is 0 Å². The number of hydrogen-bond donors (Lipinski definition) is 5. The van der Waals surface area contributed by atoms with Gasteiger partial charge in [-0.25, -0.2) is 19.2 Å². The maximum Gasteiger partial charge on any atom is 0.353 e. The molecule has 8 N–H and O–H groups in total. The Labute approximate surface area is 246 Å². The lowest BCUT2D eigenvalue weighted by Gasteiger charge is -2.49. The third-order valence-electron chi connectivity index (χ3n) is 5.93. The number of aliphatic carboxylic acids is 1. The minimum Gasteiger partial charge on any atom is -0.477 e. The predicted molar refractivity (Wildman–Crippen MR) is 154 cm³/mol. The van der Waals surface area contributed by atoms with Gasteiger partial charge in [0.1, 0.15) is 17.1 Å². The van der Waals surface area contributed by atoms with E-state index in [0.717, 1.165) is 27.6 Å². The summed E-state index contributed by atoms with van der Waals surface area (Å²) >= 11 is 1.98. The number of hydrazone groups is 1. The summed E-state index contributed by atoms with van der Waals surface area (Å²) in [5.74, 6) is -2.96. The maximum absolute atomic E-state index is 13.0. The highest BCUT2D eigenvalue weighted by atomic mass is 32.2. The topological polar surface area (TPSA) is 240 Å². The molecule has 19 heteroatoms. The predicted octanol–water partition coefficient (Wildman–Crippen LogP) is -0.602. The van der Waals surface area contributed by atoms with Crippen LogP contribution in [0.25, 0.3) is 0 Å². The van der Waals surface area contributed by atoms with Gasteiger partial charge in [-0.15, -0.1) is 11.8 Å². The van der Waals surface area contributed by atoms with E-state index < -0.39 is 41.8 Å². The molecule has 16 nitrogen and oxygen atoms in total. The summed E-state index contributed by atoms with van der Waals surface area (Å²) in [5.41, 5.74) is 18.6. The summed E-state index contributed by atoms with van der Waals surface area (Å²) in [4.78, 5) is 51.5. The standard InChI is InChI=1S/C23H26FN11O5S2/c1-34(22(26)28-7-12-4-2-3-11(5-12)6-25)29-8-13-9-41-20-15(19(37)35(20)16(13)21(38)39)30-18(36)14(32-40-10-24)17-31-23(27)42-33-17/h2-5,8,15,20H,6-7,9-10,25H2,1H3,(H2,26,28)(H,30,36)(H,38,39)(H2,27,31,33)/b29-8+,32-14-/t15?,20-/m1/s1. The summed E-state index contributed by atoms with van der Waals surface area (Å²) < 4.78 is 16.4. The van der Waals surface area contributed by atoms with Crippen LogP contribution in [-0.2, 0) is 32.3 Å². The van der Waals surface area contributed by atoms with Gasteiger partial charge in [0.05, 0.1) is 12.8 Å². The molecule has 1 saturated heterocycles. The highest BCUT2D eigenvalue weighted by Gasteiger charge is 2.54. The number of β-lactam (4-membered cyclic amide) rings is 1. The fourth-order valence-corrected chi connectivity index (χ4v) is 5.63. The fourth-order valence-electron chi connectivity index (χ4n) is 3.90. The lowest BCUT2D eigenvalue weighted by molar-refractivity contribution is -0.150. The molecule has 0 spiro atoms. The summed E-state index contributed by atoms with van der Waals surface area (Å²) in [5, 5.41) is 20.5. The second-order valence-electron chi connectivity index (χ2n) is 8.64. The van der Waals surface area contributed by atoms with Gasteiger partial charge < -0.3 is 32.5 Å². The summed E-state index contributed by atoms with van der Waals surface area (Å²) in [6, 6.07) is 6.46. The Kier molecular flexibility index (Phi) is 9.65. The largest absolute Gasteiger partial charge is 0.477 e. The number of nitrogen functional groups attached to an aromatic ring is 1. The van der Waals surface area contributed by atoms with Crippen molar-refractivity contribution in [3.63, 3.8) is 0 Å². The van der Waals surface area contributed by atoms with Crippen LogP contribution in [-0.4, -0.2) is 91.1 Å². The van der Waals surface area contributed by atoms with Crippen LogP contribution in [0.15, 0.2) is 50.8 Å². The minimum absolute atomic E-state index is 0.0286. The third kappa shape index (κ3) is 6.64. The Morgan fingerprint density at radius 1 is 1.38 bits per heavy atom. The number of oxime groups is 1. The van der Waals surface area contributed by atoms with E-state index in [9.17, 15) is 23.9 Å². The number of carbonyl (C=O) groups excluding carboxylic acids is 2. The summed E-state index contributed by atoms with van der Waals surface area (Å²) in [6.45, 7) is -0.640. The molecule has 2 atom stereocenters. The second-order valence-corrected chi connectivity index (χ2v) is 10.5. The normalized spacial score (nSPS) is 19.0. The molecule has 0 radical (unpaired) electrons. The third-order valence-corrected chi connectivity index (χ3v) is 7.77. The van der Waals surface area contributed by atoms with Gasteiger partial charge in [-0.1, -0.05) is 29.4 Å². The average Bonchev–Trinajstić information content (AvgIpc) is 3.42. The van der Waals surface area contributed by atoms with Crippen LogP contribution >= 0.6 is 23.3 Å². The van der Waals surface area contributed by atoms with E-state index in [1.54, 1.807) is 7.05 Å². The molecule has 4 rings (SSSR count). The number of alkyl halides is 1. The summed E-state index contributed by atoms with van der Waals surface area (Å²) in [7, 11) is 1.54. The molecule has 0 saturated carbocycles. The number of carboxylic acids is 1. The van der Waals surface area contributed by atoms with Crippen LogP contribution < -0.4 is 22.5 Å². The van der Waals surface area contributed by atoms with Crippen molar-refractivity contribution in [1.82, 2.24) is 24.6 Å². The molecule has 1 aromatic heterocycles. The molecule has 2 amide bonds. The van der Waals surface area contributed by atoms with Gasteiger partial charge in [-0.05, 0) is 11.1 Å². The van der Waals surface area contributed by atoms with Gasteiger partial charge in [-0.2, -0.15) is 14.5 Å². The Balaban J connectivity index is 1.45. The number of benzene rings is 1. The Hall–Kier alpha value is -4.62. The molecule has 42 heavy (non-hydrogen) atoms. The van der Waals surface area contributed by atoms with Crippen LogP contribution in [0, 0.1) is 0 Å². The van der Waals surface area contributed by atoms with E-state index >= 15 is 0 Å². The molecule has 3 heterocycles. The van der Waals surface area contributed by atoms with E-state index in [4.69, 9.17) is 17.2 Å². The first-order chi connectivity index (χ1) is 20.1. The van der Waals surface area contributed by atoms with Crippen molar-refractivity contribution in [2.45, 2.75) is 24.5 Å². The van der Waals surface area contributed by atoms with Gasteiger partial charge in [0, 0.05) is 36.5 Å². The van der Waals surface area contributed by atoms with Crippen molar-refractivity contribution < 1.29 is 28.7 Å². The number of hydrogen-bond acceptors (Lipinski definition) is 13. The van der Waals surface area contributed by atoms with Crippen molar-refractivity contribution in [1.29, 1.82) is 0 Å². The monoisotopic (exact) mass is 619 g/mol. The summed E-state index contributed by atoms with van der Waals surface area (Å²) in [6.07, 6.45) is 1.29. The van der Waals surface area contributed by atoms with E-state index in [0.29, 0.717) is 6.54 Å². The number of carboxylic acid groups (broad SMARTS) is 1. The molecule has 1 unspecified atom stereocenters. The number of aliphatic imine (C=N–C) groups is 1. The SMILES string of the molecule is CN(/N=C/C1=C(C(=O)O)N2C(=O)C(NC(=O)/C(=N\OCF)c3nsc(N)n3)[C@H]2SC1)C(N)=NCc1cccc(CN)c1. The fraction of sp³-hybridized carbons (Fsp3) is 0.304. The number of nitrogens with two attached hydrogens (primary N) is 3. The number of thioether (sulfide) groups is 1. The number of nitrogens with one attached hydrogen (secondary N) is 1. The number of nitrogens with zero attached hydrogens (tertiary/aromatic N) is 7. The minimum atomic E-state index is -1.36. The Morgan fingerprint density at radius 2 is 2.14 bits per heavy atom. The van der Waals surface area contributed by atoms with E-state index in [-0.39, 0.29) is 40.5 Å². The van der Waals surface area contributed by atoms with E-state index in [1.807, 2.05) is 24.3 Å². The van der Waals surface area contributed by atoms with Crippen molar-refractivity contribution in [2.75, 3.05) is 25.4 Å². The zero-order valence-electron chi connectivity index (χ0n) is 22.0. The molecule has 1 aromatic carbocycles. The van der Waals surface area contributed by atoms with Gasteiger partial charge >= 0.3 is 5.97 Å². The quantitative estimate of drug-likeness (QED) is 0.0917. The first-order valence-electron chi connectivity index (χ1n) is 12.1. The molecule has 2 aliphatic heterocycles. The maximum atomic E-state index is 13.0. The van der Waals surface area contributed by atoms with E-state index in [1.165, 1.54) is 23.0 Å². The van der Waals surface area contributed by atoms with Crippen LogP contribution in [0.4, 0.5) is 9.52 Å². The molecular formula is C23H26FN11O5S2. The zero-order chi connectivity index (χ0) is 30.4. The van der Waals surface area contributed by atoms with Gasteiger partial charge in [0.2, 0.25) is 17.5 Å². The number of carbonyl (C=O) groups is 3. The van der Waals surface area contributed by atoms with Crippen LogP contribution in [0.2, 0.25) is 0 Å². The number of aromatic nitrogens is 2. The Morgan fingerprint density at radius 3 is 2.81 bits per heavy atom. The van der Waals surface area contributed by atoms with Crippen LogP contribution in [0.5, 0.6) is 0 Å². The molecule has 0 aliphatic carbocycles. The average molecular weight is 620 g/mol. The van der Waals surface area contributed by atoms with Gasteiger partial charge in [-0.3, -0.25) is 14.5 Å². The van der Waals surface area contributed by atoms with Gasteiger partial charge in [0.25, 0.3) is 18.7 Å². The molecule has 0 bridgehead atoms. The van der Waals surface area contributed by atoms with Crippen molar-refractivity contribution in [3.05, 3.63) is 52.5 Å². The van der Waals surface area contributed by atoms with Crippen molar-refractivity contribution in [3.8, 4) is 0 Å². The molecule has 1 fully saturated rings. The lowest BCUT2D eigenvalue weighted by atomic mass is 10.0. The number of fused-ring (bicyclic) bond motifs is 1. The second kappa shape index (κ2) is 13.4. The van der Waals surface area contributed by atoms with Crippen molar-refractivity contribution >= 4 is 64.1 Å².